The number of nitrogen functional groups attached to an aromatic ring is 1. The number of aryl methyl sites for hydroxylation is 1. The maximum absolute atomic E-state index is 16.9. The molecule has 0 saturated carbocycles. The number of aromatic nitrogens is 2. The molecule has 2 aromatic carbocycles. The molecular formula is C32H32F3N7OS. The number of fused-ring (bicyclic) bond motifs is 5. The van der Waals surface area contributed by atoms with Crippen molar-refractivity contribution in [3.63, 3.8) is 0 Å². The first-order valence-electron chi connectivity index (χ1n) is 15.2. The van der Waals surface area contributed by atoms with Crippen molar-refractivity contribution in [2.24, 2.45) is 0 Å². The third-order valence-corrected chi connectivity index (χ3v) is 11.1. The van der Waals surface area contributed by atoms with Gasteiger partial charge in [-0.3, -0.25) is 4.90 Å². The van der Waals surface area contributed by atoms with E-state index >= 15 is 4.39 Å². The Labute approximate surface area is 256 Å². The molecule has 4 aliphatic rings. The van der Waals surface area contributed by atoms with Crippen molar-refractivity contribution in [1.82, 2.24) is 20.2 Å². The summed E-state index contributed by atoms with van der Waals surface area (Å²) in [6.07, 6.45) is 3.45. The van der Waals surface area contributed by atoms with Gasteiger partial charge in [0, 0.05) is 54.5 Å². The number of nitrogens with one attached hydrogen (secondary N) is 1. The molecule has 2 aromatic heterocycles. The minimum absolute atomic E-state index is 0.0531. The number of benzene rings is 2. The van der Waals surface area contributed by atoms with Gasteiger partial charge in [0.1, 0.15) is 41.0 Å². The molecule has 0 spiro atoms. The number of rotatable bonds is 5. The monoisotopic (exact) mass is 619 g/mol. The second-order valence-corrected chi connectivity index (χ2v) is 13.8. The summed E-state index contributed by atoms with van der Waals surface area (Å²) in [5.41, 5.74) is 7.11. The van der Waals surface area contributed by atoms with Crippen LogP contribution in [0.25, 0.3) is 32.1 Å². The molecule has 44 heavy (non-hydrogen) atoms. The summed E-state index contributed by atoms with van der Waals surface area (Å²) >= 11 is 0.979. The van der Waals surface area contributed by atoms with Crippen LogP contribution in [0.2, 0.25) is 0 Å². The Bertz CT molecular complexity index is 1860. The van der Waals surface area contributed by atoms with Gasteiger partial charge in [-0.2, -0.15) is 15.2 Å². The second-order valence-electron chi connectivity index (χ2n) is 12.8. The molecule has 0 radical (unpaired) electrons. The zero-order chi connectivity index (χ0) is 30.3. The molecule has 0 amide bonds. The molecular weight excluding hydrogens is 587 g/mol. The number of thiophene rings is 1. The lowest BCUT2D eigenvalue weighted by atomic mass is 9.93. The van der Waals surface area contributed by atoms with Gasteiger partial charge in [-0.05, 0) is 62.4 Å². The summed E-state index contributed by atoms with van der Waals surface area (Å²) < 4.78 is 52.7. The Balaban J connectivity index is 1.29. The van der Waals surface area contributed by atoms with Crippen LogP contribution in [0.1, 0.15) is 43.2 Å². The summed E-state index contributed by atoms with van der Waals surface area (Å²) in [5.74, 6) is -0.509. The zero-order valence-corrected chi connectivity index (χ0v) is 25.1. The van der Waals surface area contributed by atoms with Gasteiger partial charge in [-0.25, -0.2) is 13.2 Å². The molecule has 2 bridgehead atoms. The van der Waals surface area contributed by atoms with Gasteiger partial charge >= 0.3 is 6.01 Å². The minimum Gasteiger partial charge on any atom is -0.461 e. The van der Waals surface area contributed by atoms with Crippen LogP contribution in [-0.4, -0.2) is 71.4 Å². The average molecular weight is 620 g/mol. The first-order chi connectivity index (χ1) is 21.2. The van der Waals surface area contributed by atoms with Crippen molar-refractivity contribution in [3.8, 4) is 23.2 Å². The van der Waals surface area contributed by atoms with Crippen LogP contribution in [0.4, 0.5) is 24.0 Å². The molecule has 8 rings (SSSR count). The summed E-state index contributed by atoms with van der Waals surface area (Å²) in [6, 6.07) is 7.42. The highest BCUT2D eigenvalue weighted by molar-refractivity contribution is 7.23. The number of nitriles is 1. The normalized spacial score (nSPS) is 26.5. The molecule has 4 atom stereocenters. The Morgan fingerprint density at radius 1 is 1.20 bits per heavy atom. The Kier molecular flexibility index (Phi) is 6.45. The van der Waals surface area contributed by atoms with E-state index in [1.807, 2.05) is 6.07 Å². The number of ether oxygens (including phenoxy) is 1. The number of alkyl halides is 1. The van der Waals surface area contributed by atoms with Gasteiger partial charge in [0.15, 0.2) is 5.82 Å². The highest BCUT2D eigenvalue weighted by atomic mass is 32.1. The predicted molar refractivity (Wildman–Crippen MR) is 165 cm³/mol. The van der Waals surface area contributed by atoms with E-state index in [0.717, 1.165) is 56.7 Å². The molecule has 0 aliphatic carbocycles. The minimum atomic E-state index is -0.900. The van der Waals surface area contributed by atoms with Crippen LogP contribution in [-0.2, 0) is 0 Å². The number of hydrogen-bond donors (Lipinski definition) is 2. The van der Waals surface area contributed by atoms with Crippen LogP contribution < -0.4 is 20.7 Å². The fourth-order valence-electron chi connectivity index (χ4n) is 8.08. The molecule has 0 unspecified atom stereocenters. The van der Waals surface area contributed by atoms with E-state index in [4.69, 9.17) is 15.5 Å². The van der Waals surface area contributed by atoms with Crippen molar-refractivity contribution in [2.45, 2.75) is 62.8 Å². The number of nitrogens with zero attached hydrogens (tertiary/aromatic N) is 5. The third-order valence-electron chi connectivity index (χ3n) is 10.0. The van der Waals surface area contributed by atoms with Crippen LogP contribution in [0.5, 0.6) is 6.01 Å². The van der Waals surface area contributed by atoms with E-state index in [1.54, 1.807) is 6.92 Å². The molecule has 4 aliphatic heterocycles. The van der Waals surface area contributed by atoms with Gasteiger partial charge in [-0.15, -0.1) is 11.3 Å². The van der Waals surface area contributed by atoms with E-state index in [9.17, 15) is 14.0 Å². The standard InChI is InChI=1S/C32H32F3N7OS/c1-16-9-21-27(26(35)24(16)20-5-6-23(34)28-25(20)22(11-36)29(37)44-28)39-31(40-30(21)41-13-18-3-4-19(14-41)38-18)43-15-32-7-2-8-42(32)12-17(33)10-32/h5-6,9,17-19,38H,2-4,7-8,10,12-15,37H2,1H3/t17-,18-,19+,32+/m1/s1. The smallest absolute Gasteiger partial charge is 0.319 e. The van der Waals surface area contributed by atoms with Gasteiger partial charge < -0.3 is 20.7 Å². The summed E-state index contributed by atoms with van der Waals surface area (Å²) in [4.78, 5) is 13.8. The van der Waals surface area contributed by atoms with E-state index in [2.05, 4.69) is 26.2 Å². The van der Waals surface area contributed by atoms with Crippen molar-refractivity contribution in [2.75, 3.05) is 43.4 Å². The summed E-state index contributed by atoms with van der Waals surface area (Å²) in [6.45, 7) is 4.71. The Morgan fingerprint density at radius 2 is 2.00 bits per heavy atom. The van der Waals surface area contributed by atoms with Gasteiger partial charge in [0.2, 0.25) is 0 Å². The van der Waals surface area contributed by atoms with Gasteiger partial charge in [0.05, 0.1) is 15.8 Å². The Morgan fingerprint density at radius 3 is 2.77 bits per heavy atom. The van der Waals surface area contributed by atoms with E-state index in [-0.39, 0.29) is 39.0 Å². The number of nitrogens with two attached hydrogens (primary N) is 1. The average Bonchev–Trinajstić information content (AvgIpc) is 3.73. The van der Waals surface area contributed by atoms with Crippen molar-refractivity contribution in [1.29, 1.82) is 5.26 Å². The molecule has 8 nitrogen and oxygen atoms in total. The van der Waals surface area contributed by atoms with E-state index in [0.29, 0.717) is 52.8 Å². The third kappa shape index (κ3) is 4.24. The lowest BCUT2D eigenvalue weighted by Gasteiger charge is -2.35. The number of halogens is 3. The summed E-state index contributed by atoms with van der Waals surface area (Å²) in [7, 11) is 0. The first-order valence-corrected chi connectivity index (χ1v) is 16.0. The second kappa shape index (κ2) is 10.2. The molecule has 4 saturated heterocycles. The predicted octanol–water partition coefficient (Wildman–Crippen LogP) is 5.45. The first kappa shape index (κ1) is 27.9. The topological polar surface area (TPSA) is 103 Å². The van der Waals surface area contributed by atoms with Crippen molar-refractivity contribution < 1.29 is 17.9 Å². The van der Waals surface area contributed by atoms with Crippen LogP contribution >= 0.6 is 11.3 Å². The number of hydrogen-bond acceptors (Lipinski definition) is 9. The number of anilines is 2. The fraction of sp³-hybridized carbons (Fsp3) is 0.469. The molecule has 228 valence electrons. The molecule has 4 aromatic rings. The van der Waals surface area contributed by atoms with Crippen LogP contribution in [0.15, 0.2) is 18.2 Å². The van der Waals surface area contributed by atoms with Crippen molar-refractivity contribution in [3.05, 3.63) is 41.0 Å². The zero-order valence-electron chi connectivity index (χ0n) is 24.3. The molecule has 12 heteroatoms. The van der Waals surface area contributed by atoms with E-state index in [1.165, 1.54) is 12.1 Å². The maximum Gasteiger partial charge on any atom is 0.319 e. The summed E-state index contributed by atoms with van der Waals surface area (Å²) in [5, 5.41) is 14.5. The maximum atomic E-state index is 16.9. The van der Waals surface area contributed by atoms with Gasteiger partial charge in [-0.1, -0.05) is 6.07 Å². The van der Waals surface area contributed by atoms with Gasteiger partial charge in [0.25, 0.3) is 0 Å². The molecule has 4 fully saturated rings. The highest BCUT2D eigenvalue weighted by Crippen LogP contribution is 2.45. The fourth-order valence-corrected chi connectivity index (χ4v) is 9.03. The Hall–Kier alpha value is -3.66. The quantitative estimate of drug-likeness (QED) is 0.304. The SMILES string of the molecule is Cc1cc2c(N3C[C@H]4CC[C@@H](C3)N4)nc(OC[C@@]34CCCN3C[C@H](F)C4)nc2c(F)c1-c1ccc(F)c2sc(N)c(C#N)c12. The lowest BCUT2D eigenvalue weighted by molar-refractivity contribution is 0.107. The largest absolute Gasteiger partial charge is 0.461 e. The molecule has 6 heterocycles. The van der Waals surface area contributed by atoms with E-state index < -0.39 is 23.3 Å². The van der Waals surface area contributed by atoms with Crippen molar-refractivity contribution >= 4 is 43.1 Å². The molecule has 3 N–H and O–H groups in total. The van der Waals surface area contributed by atoms with Crippen LogP contribution in [0.3, 0.4) is 0 Å². The van der Waals surface area contributed by atoms with Crippen LogP contribution in [0, 0.1) is 29.9 Å². The lowest BCUT2D eigenvalue weighted by Crippen LogP contribution is -2.51. The number of piperazine rings is 1. The highest BCUT2D eigenvalue weighted by Gasteiger charge is 2.49.